The summed E-state index contributed by atoms with van der Waals surface area (Å²) in [6, 6.07) is 16.5. The first-order chi connectivity index (χ1) is 12.6. The first-order valence-corrected chi connectivity index (χ1v) is 8.62. The number of amides is 2. The molecular formula is C19H15BrN4O2. The Balaban J connectivity index is 1.54. The Morgan fingerprint density at radius 1 is 0.962 bits per heavy atom. The zero-order chi connectivity index (χ0) is 18.4. The van der Waals surface area contributed by atoms with E-state index in [0.717, 1.165) is 10.0 Å². The van der Waals surface area contributed by atoms with Gasteiger partial charge in [0.25, 0.3) is 5.91 Å². The molecule has 130 valence electrons. The number of benzene rings is 2. The lowest BCUT2D eigenvalue weighted by Crippen LogP contribution is -2.32. The number of nitrogens with one attached hydrogen (secondary N) is 2. The smallest absolute Gasteiger partial charge is 0.251 e. The summed E-state index contributed by atoms with van der Waals surface area (Å²) in [6.45, 7) is -0.147. The molecular weight excluding hydrogens is 396 g/mol. The molecule has 1 heterocycles. The van der Waals surface area contributed by atoms with Crippen LogP contribution < -0.4 is 10.6 Å². The van der Waals surface area contributed by atoms with E-state index in [4.69, 9.17) is 0 Å². The van der Waals surface area contributed by atoms with Crippen LogP contribution in [0.4, 0.5) is 5.69 Å². The summed E-state index contributed by atoms with van der Waals surface area (Å²) < 4.78 is 0.797. The van der Waals surface area contributed by atoms with Crippen LogP contribution in [0.5, 0.6) is 0 Å². The summed E-state index contributed by atoms with van der Waals surface area (Å²) in [5, 5.41) is 5.22. The minimum atomic E-state index is -0.357. The van der Waals surface area contributed by atoms with E-state index in [2.05, 4.69) is 36.5 Å². The second-order valence-corrected chi connectivity index (χ2v) is 6.32. The second kappa shape index (κ2) is 8.35. The van der Waals surface area contributed by atoms with E-state index in [0.29, 0.717) is 17.1 Å². The molecule has 0 aliphatic carbocycles. The quantitative estimate of drug-likeness (QED) is 0.675. The van der Waals surface area contributed by atoms with Crippen LogP contribution >= 0.6 is 15.9 Å². The highest BCUT2D eigenvalue weighted by molar-refractivity contribution is 9.10. The largest absolute Gasteiger partial charge is 0.343 e. The van der Waals surface area contributed by atoms with Gasteiger partial charge in [-0.3, -0.25) is 9.59 Å². The average molecular weight is 411 g/mol. The Hall–Kier alpha value is -3.06. The monoisotopic (exact) mass is 410 g/mol. The van der Waals surface area contributed by atoms with Gasteiger partial charge in [0, 0.05) is 15.6 Å². The summed E-state index contributed by atoms with van der Waals surface area (Å²) in [7, 11) is 0. The SMILES string of the molecule is O=C(CNC(=O)c1cccc(Br)c1)Nc1cnc(-c2ccccc2)nc1. The van der Waals surface area contributed by atoms with Crippen LogP contribution in [0.3, 0.4) is 0 Å². The zero-order valence-electron chi connectivity index (χ0n) is 13.6. The third-order valence-corrected chi connectivity index (χ3v) is 3.96. The van der Waals surface area contributed by atoms with Crippen LogP contribution in [0.15, 0.2) is 71.5 Å². The van der Waals surface area contributed by atoms with Gasteiger partial charge in [-0.1, -0.05) is 52.3 Å². The molecule has 0 bridgehead atoms. The number of hydrogen-bond acceptors (Lipinski definition) is 4. The first kappa shape index (κ1) is 17.8. The second-order valence-electron chi connectivity index (χ2n) is 5.40. The molecule has 0 atom stereocenters. The van der Waals surface area contributed by atoms with Crippen LogP contribution in [0.2, 0.25) is 0 Å². The van der Waals surface area contributed by atoms with Crippen LogP contribution in [-0.4, -0.2) is 28.3 Å². The highest BCUT2D eigenvalue weighted by Gasteiger charge is 2.09. The van der Waals surface area contributed by atoms with E-state index in [1.165, 1.54) is 12.4 Å². The van der Waals surface area contributed by atoms with Crippen molar-refractivity contribution >= 4 is 33.4 Å². The highest BCUT2D eigenvalue weighted by atomic mass is 79.9. The molecule has 0 aliphatic heterocycles. The maximum atomic E-state index is 12.0. The van der Waals surface area contributed by atoms with Gasteiger partial charge >= 0.3 is 0 Å². The van der Waals surface area contributed by atoms with Crippen molar-refractivity contribution in [3.8, 4) is 11.4 Å². The molecule has 26 heavy (non-hydrogen) atoms. The lowest BCUT2D eigenvalue weighted by Gasteiger charge is -2.07. The van der Waals surface area contributed by atoms with Gasteiger partial charge in [-0.15, -0.1) is 0 Å². The van der Waals surface area contributed by atoms with Gasteiger partial charge in [-0.05, 0) is 18.2 Å². The Labute approximate surface area is 158 Å². The van der Waals surface area contributed by atoms with Crippen molar-refractivity contribution in [1.29, 1.82) is 0 Å². The van der Waals surface area contributed by atoms with E-state index < -0.39 is 0 Å². The molecule has 0 radical (unpaired) electrons. The van der Waals surface area contributed by atoms with E-state index >= 15 is 0 Å². The fourth-order valence-corrected chi connectivity index (χ4v) is 2.63. The molecule has 0 fully saturated rings. The topological polar surface area (TPSA) is 84.0 Å². The van der Waals surface area contributed by atoms with Gasteiger partial charge in [-0.25, -0.2) is 9.97 Å². The lowest BCUT2D eigenvalue weighted by atomic mass is 10.2. The average Bonchev–Trinajstić information content (AvgIpc) is 2.67. The van der Waals surface area contributed by atoms with Crippen molar-refractivity contribution < 1.29 is 9.59 Å². The van der Waals surface area contributed by atoms with E-state index in [9.17, 15) is 9.59 Å². The fraction of sp³-hybridized carbons (Fsp3) is 0.0526. The van der Waals surface area contributed by atoms with Crippen molar-refractivity contribution in [1.82, 2.24) is 15.3 Å². The molecule has 2 N–H and O–H groups in total. The molecule has 0 spiro atoms. The summed E-state index contributed by atoms with van der Waals surface area (Å²) in [6.07, 6.45) is 3.06. The van der Waals surface area contributed by atoms with Crippen molar-refractivity contribution in [3.63, 3.8) is 0 Å². The standard InChI is InChI=1S/C19H15BrN4O2/c20-15-8-4-7-14(9-15)19(26)23-12-17(25)24-16-10-21-18(22-11-16)13-5-2-1-3-6-13/h1-11H,12H2,(H,23,26)(H,24,25). The molecule has 3 rings (SSSR count). The zero-order valence-corrected chi connectivity index (χ0v) is 15.2. The summed E-state index contributed by atoms with van der Waals surface area (Å²) in [5.41, 5.74) is 1.83. The molecule has 0 saturated heterocycles. The molecule has 2 aromatic carbocycles. The van der Waals surface area contributed by atoms with Crippen molar-refractivity contribution in [2.75, 3.05) is 11.9 Å². The molecule has 0 saturated carbocycles. The van der Waals surface area contributed by atoms with Gasteiger partial charge in [0.2, 0.25) is 5.91 Å². The van der Waals surface area contributed by atoms with Crippen LogP contribution in [0.1, 0.15) is 10.4 Å². The van der Waals surface area contributed by atoms with Crippen molar-refractivity contribution in [2.45, 2.75) is 0 Å². The third kappa shape index (κ3) is 4.73. The maximum absolute atomic E-state index is 12.0. The molecule has 2 amide bonds. The predicted molar refractivity (Wildman–Crippen MR) is 103 cm³/mol. The minimum Gasteiger partial charge on any atom is -0.343 e. The third-order valence-electron chi connectivity index (χ3n) is 3.46. The molecule has 7 heteroatoms. The van der Waals surface area contributed by atoms with Crippen LogP contribution in [0.25, 0.3) is 11.4 Å². The highest BCUT2D eigenvalue weighted by Crippen LogP contribution is 2.14. The predicted octanol–water partition coefficient (Wildman–Crippen LogP) is 3.27. The van der Waals surface area contributed by atoms with Gasteiger partial charge in [0.05, 0.1) is 24.6 Å². The Morgan fingerprint density at radius 3 is 2.38 bits per heavy atom. The lowest BCUT2D eigenvalue weighted by molar-refractivity contribution is -0.115. The number of hydrogen-bond donors (Lipinski definition) is 2. The number of anilines is 1. The summed E-state index contributed by atoms with van der Waals surface area (Å²) in [4.78, 5) is 32.5. The summed E-state index contributed by atoms with van der Waals surface area (Å²) in [5.74, 6) is -0.104. The maximum Gasteiger partial charge on any atom is 0.251 e. The number of halogens is 1. The molecule has 0 aliphatic rings. The normalized spacial score (nSPS) is 10.2. The van der Waals surface area contributed by atoms with Crippen molar-refractivity contribution in [3.05, 3.63) is 77.0 Å². The van der Waals surface area contributed by atoms with E-state index in [1.54, 1.807) is 18.2 Å². The van der Waals surface area contributed by atoms with E-state index in [1.807, 2.05) is 36.4 Å². The Bertz CT molecular complexity index is 914. The van der Waals surface area contributed by atoms with Gasteiger partial charge < -0.3 is 10.6 Å². The summed E-state index contributed by atoms with van der Waals surface area (Å²) >= 11 is 3.30. The molecule has 1 aromatic heterocycles. The molecule has 0 unspecified atom stereocenters. The Kier molecular flexibility index (Phi) is 5.70. The van der Waals surface area contributed by atoms with E-state index in [-0.39, 0.29) is 18.4 Å². The van der Waals surface area contributed by atoms with Gasteiger partial charge in [-0.2, -0.15) is 0 Å². The molecule has 6 nitrogen and oxygen atoms in total. The van der Waals surface area contributed by atoms with Gasteiger partial charge in [0.15, 0.2) is 5.82 Å². The number of aromatic nitrogens is 2. The first-order valence-electron chi connectivity index (χ1n) is 7.83. The van der Waals surface area contributed by atoms with Crippen molar-refractivity contribution in [2.24, 2.45) is 0 Å². The van der Waals surface area contributed by atoms with Crippen LogP contribution in [-0.2, 0) is 4.79 Å². The Morgan fingerprint density at radius 2 is 1.69 bits per heavy atom. The number of rotatable bonds is 5. The minimum absolute atomic E-state index is 0.147. The number of nitrogens with zero attached hydrogens (tertiary/aromatic N) is 2. The van der Waals surface area contributed by atoms with Crippen LogP contribution in [0, 0.1) is 0 Å². The molecule has 3 aromatic rings. The number of carbonyl (C=O) groups excluding carboxylic acids is 2. The fourth-order valence-electron chi connectivity index (χ4n) is 2.23. The number of carbonyl (C=O) groups is 2. The van der Waals surface area contributed by atoms with Gasteiger partial charge in [0.1, 0.15) is 0 Å².